The first kappa shape index (κ1) is 18.6. The van der Waals surface area contributed by atoms with Gasteiger partial charge in [-0.05, 0) is 29.8 Å². The van der Waals surface area contributed by atoms with Gasteiger partial charge in [0.1, 0.15) is 10.6 Å². The number of hydrogen-bond acceptors (Lipinski definition) is 6. The van der Waals surface area contributed by atoms with Crippen molar-refractivity contribution in [3.05, 3.63) is 41.5 Å². The van der Waals surface area contributed by atoms with Crippen molar-refractivity contribution in [3.63, 3.8) is 0 Å². The molecule has 0 bridgehead atoms. The number of carbonyl (C=O) groups excluding carboxylic acids is 1. The molecule has 2 aromatic carbocycles. The zero-order valence-electron chi connectivity index (χ0n) is 15.8. The van der Waals surface area contributed by atoms with Crippen LogP contribution in [0.4, 0.5) is 5.69 Å². The third kappa shape index (κ3) is 2.87. The Morgan fingerprint density at radius 2 is 1.54 bits per heavy atom. The summed E-state index contributed by atoms with van der Waals surface area (Å²) in [5, 5.41) is 0. The lowest BCUT2D eigenvalue weighted by molar-refractivity contribution is 0.0996. The predicted molar refractivity (Wildman–Crippen MR) is 102 cm³/mol. The summed E-state index contributed by atoms with van der Waals surface area (Å²) in [6.07, 6.45) is 0. The summed E-state index contributed by atoms with van der Waals surface area (Å²) in [5.74, 6) is 1.05. The van der Waals surface area contributed by atoms with E-state index in [1.54, 1.807) is 36.3 Å². The van der Waals surface area contributed by atoms with Crippen LogP contribution < -0.4 is 19.1 Å². The highest BCUT2D eigenvalue weighted by molar-refractivity contribution is 7.89. The Bertz CT molecular complexity index is 1060. The molecule has 9 heteroatoms. The molecule has 1 fully saturated rings. The van der Waals surface area contributed by atoms with Crippen LogP contribution in [-0.4, -0.2) is 53.0 Å². The van der Waals surface area contributed by atoms with Gasteiger partial charge in [-0.1, -0.05) is 0 Å². The van der Waals surface area contributed by atoms with E-state index in [2.05, 4.69) is 0 Å². The lowest BCUT2D eigenvalue weighted by atomic mass is 10.1. The van der Waals surface area contributed by atoms with E-state index in [-0.39, 0.29) is 16.6 Å². The number of hydrogen-bond donors (Lipinski definition) is 0. The van der Waals surface area contributed by atoms with Gasteiger partial charge in [0.2, 0.25) is 10.0 Å². The third-order valence-corrected chi connectivity index (χ3v) is 6.83. The van der Waals surface area contributed by atoms with Crippen LogP contribution in [0.15, 0.2) is 35.2 Å². The standard InChI is InChI=1S/C19H20N2O6S/c1-25-15-8-12-11-21(19(22)14(12)10-16(15)26-2)13-4-5-18(17(9-13)27-3)28(23,24)20-6-7-20/h4-5,8-10H,6-7,11H2,1-3H3. The van der Waals surface area contributed by atoms with Crippen molar-refractivity contribution in [1.82, 2.24) is 4.31 Å². The highest BCUT2D eigenvalue weighted by atomic mass is 32.2. The molecule has 0 N–H and O–H groups in total. The molecule has 0 unspecified atom stereocenters. The Morgan fingerprint density at radius 1 is 0.893 bits per heavy atom. The number of nitrogens with zero attached hydrogens (tertiary/aromatic N) is 2. The average Bonchev–Trinajstić information content (AvgIpc) is 3.52. The Hall–Kier alpha value is -2.78. The first-order valence-corrected chi connectivity index (χ1v) is 10.1. The normalized spacial score (nSPS) is 16.1. The van der Waals surface area contributed by atoms with Gasteiger partial charge in [0.15, 0.2) is 11.5 Å². The summed E-state index contributed by atoms with van der Waals surface area (Å²) in [6.45, 7) is 1.36. The predicted octanol–water partition coefficient (Wildman–Crippen LogP) is 1.88. The number of amides is 1. The molecule has 8 nitrogen and oxygen atoms in total. The Balaban J connectivity index is 1.71. The van der Waals surface area contributed by atoms with E-state index in [0.717, 1.165) is 5.56 Å². The molecule has 2 aliphatic heterocycles. The van der Waals surface area contributed by atoms with Gasteiger partial charge in [-0.3, -0.25) is 4.79 Å². The van der Waals surface area contributed by atoms with Crippen LogP contribution in [0.2, 0.25) is 0 Å². The Kier molecular flexibility index (Phi) is 4.43. The van der Waals surface area contributed by atoms with Crippen molar-refractivity contribution in [3.8, 4) is 17.2 Å². The summed E-state index contributed by atoms with van der Waals surface area (Å²) < 4.78 is 42.3. The van der Waals surface area contributed by atoms with Crippen molar-refractivity contribution in [2.75, 3.05) is 39.3 Å². The molecule has 1 saturated heterocycles. The van der Waals surface area contributed by atoms with Crippen molar-refractivity contribution >= 4 is 21.6 Å². The fourth-order valence-electron chi connectivity index (χ4n) is 3.30. The average molecular weight is 404 g/mol. The number of carbonyl (C=O) groups is 1. The number of anilines is 1. The zero-order chi connectivity index (χ0) is 20.1. The molecule has 0 aromatic heterocycles. The first-order valence-electron chi connectivity index (χ1n) is 8.65. The summed E-state index contributed by atoms with van der Waals surface area (Å²) in [4.78, 5) is 14.6. The van der Waals surface area contributed by atoms with Crippen molar-refractivity contribution in [1.29, 1.82) is 0 Å². The van der Waals surface area contributed by atoms with Crippen molar-refractivity contribution < 1.29 is 27.4 Å². The third-order valence-electron chi connectivity index (χ3n) is 4.90. The first-order chi connectivity index (χ1) is 13.4. The number of rotatable bonds is 6. The summed E-state index contributed by atoms with van der Waals surface area (Å²) in [6, 6.07) is 8.13. The topological polar surface area (TPSA) is 85.2 Å². The van der Waals surface area contributed by atoms with Gasteiger partial charge in [0, 0.05) is 30.4 Å². The lowest BCUT2D eigenvalue weighted by Gasteiger charge is -2.18. The maximum absolute atomic E-state index is 12.9. The van der Waals surface area contributed by atoms with Gasteiger partial charge in [-0.25, -0.2) is 8.42 Å². The van der Waals surface area contributed by atoms with E-state index in [9.17, 15) is 13.2 Å². The van der Waals surface area contributed by atoms with Crippen LogP contribution in [0, 0.1) is 0 Å². The Labute approximate surface area is 163 Å². The zero-order valence-corrected chi connectivity index (χ0v) is 16.6. The minimum atomic E-state index is -3.56. The maximum atomic E-state index is 12.9. The van der Waals surface area contributed by atoms with Gasteiger partial charge in [0.05, 0.1) is 27.9 Å². The van der Waals surface area contributed by atoms with Gasteiger partial charge in [0.25, 0.3) is 5.91 Å². The van der Waals surface area contributed by atoms with Crippen LogP contribution in [-0.2, 0) is 16.6 Å². The summed E-state index contributed by atoms with van der Waals surface area (Å²) in [5.41, 5.74) is 1.89. The molecule has 0 radical (unpaired) electrons. The van der Waals surface area contributed by atoms with Gasteiger partial charge in [-0.15, -0.1) is 0 Å². The van der Waals surface area contributed by atoms with E-state index in [0.29, 0.717) is 42.4 Å². The Morgan fingerprint density at radius 3 is 2.14 bits per heavy atom. The number of ether oxygens (including phenoxy) is 3. The quantitative estimate of drug-likeness (QED) is 0.684. The fourth-order valence-corrected chi connectivity index (χ4v) is 4.78. The highest BCUT2D eigenvalue weighted by Crippen LogP contribution is 2.39. The molecule has 2 aromatic rings. The number of sulfonamides is 1. The summed E-state index contributed by atoms with van der Waals surface area (Å²) >= 11 is 0. The smallest absolute Gasteiger partial charge is 0.259 e. The summed E-state index contributed by atoms with van der Waals surface area (Å²) in [7, 11) is 0.907. The van der Waals surface area contributed by atoms with Crippen LogP contribution in [0.25, 0.3) is 0 Å². The SMILES string of the molecule is COc1cc2c(cc1OC)C(=O)N(c1ccc(S(=O)(=O)N3CC3)c(OC)c1)C2. The van der Waals surface area contributed by atoms with Crippen LogP contribution >= 0.6 is 0 Å². The fraction of sp³-hybridized carbons (Fsp3) is 0.316. The maximum Gasteiger partial charge on any atom is 0.259 e. The van der Waals surface area contributed by atoms with E-state index in [1.165, 1.54) is 24.6 Å². The number of methoxy groups -OCH3 is 3. The molecule has 0 spiro atoms. The molecule has 4 rings (SSSR count). The van der Waals surface area contributed by atoms with E-state index < -0.39 is 10.0 Å². The highest BCUT2D eigenvalue weighted by Gasteiger charge is 2.36. The molecule has 1 amide bonds. The largest absolute Gasteiger partial charge is 0.495 e. The van der Waals surface area contributed by atoms with E-state index >= 15 is 0 Å². The van der Waals surface area contributed by atoms with Crippen LogP contribution in [0.5, 0.6) is 17.2 Å². The van der Waals surface area contributed by atoms with E-state index in [1.807, 2.05) is 0 Å². The lowest BCUT2D eigenvalue weighted by Crippen LogP contribution is -2.23. The number of benzene rings is 2. The minimum Gasteiger partial charge on any atom is -0.495 e. The minimum absolute atomic E-state index is 0.101. The monoisotopic (exact) mass is 404 g/mol. The molecular formula is C19H20N2O6S. The van der Waals surface area contributed by atoms with Gasteiger partial charge < -0.3 is 19.1 Å². The molecule has 0 atom stereocenters. The number of fused-ring (bicyclic) bond motifs is 1. The van der Waals surface area contributed by atoms with Crippen LogP contribution in [0.3, 0.4) is 0 Å². The second-order valence-corrected chi connectivity index (χ2v) is 8.40. The molecule has 2 heterocycles. The molecule has 2 aliphatic rings. The molecule has 28 heavy (non-hydrogen) atoms. The van der Waals surface area contributed by atoms with Gasteiger partial charge in [-0.2, -0.15) is 4.31 Å². The molecule has 0 saturated carbocycles. The van der Waals surface area contributed by atoms with E-state index in [4.69, 9.17) is 14.2 Å². The van der Waals surface area contributed by atoms with Crippen molar-refractivity contribution in [2.45, 2.75) is 11.4 Å². The molecule has 148 valence electrons. The van der Waals surface area contributed by atoms with Crippen LogP contribution in [0.1, 0.15) is 15.9 Å². The second-order valence-electron chi connectivity index (χ2n) is 6.49. The second kappa shape index (κ2) is 6.68. The molecule has 0 aliphatic carbocycles. The molecular weight excluding hydrogens is 384 g/mol. The van der Waals surface area contributed by atoms with Crippen molar-refractivity contribution in [2.24, 2.45) is 0 Å². The van der Waals surface area contributed by atoms with Gasteiger partial charge >= 0.3 is 0 Å².